The number of nitrogens with two attached hydrogens (primary N) is 1. The van der Waals surface area contributed by atoms with Gasteiger partial charge in [0.1, 0.15) is 16.3 Å². The lowest BCUT2D eigenvalue weighted by Crippen LogP contribution is -2.25. The van der Waals surface area contributed by atoms with E-state index >= 15 is 0 Å². The van der Waals surface area contributed by atoms with Gasteiger partial charge in [-0.1, -0.05) is 17.7 Å². The highest BCUT2D eigenvalue weighted by Gasteiger charge is 2.35. The lowest BCUT2D eigenvalue weighted by molar-refractivity contribution is -0.385. The molecule has 0 saturated heterocycles. The highest BCUT2D eigenvalue weighted by Crippen LogP contribution is 2.31. The van der Waals surface area contributed by atoms with Crippen LogP contribution in [0, 0.1) is 10.1 Å². The van der Waals surface area contributed by atoms with E-state index in [1.54, 1.807) is 0 Å². The zero-order chi connectivity index (χ0) is 12.7. The van der Waals surface area contributed by atoms with E-state index in [2.05, 4.69) is 0 Å². The van der Waals surface area contributed by atoms with Crippen molar-refractivity contribution in [2.24, 2.45) is 5.73 Å². The molecule has 0 spiro atoms. The van der Waals surface area contributed by atoms with Crippen LogP contribution in [-0.2, 0) is 0 Å². The maximum Gasteiger partial charge on any atom is 0.281 e. The summed E-state index contributed by atoms with van der Waals surface area (Å²) in [6.07, 6.45) is 0. The van der Waals surface area contributed by atoms with E-state index < -0.39 is 32.9 Å². The summed E-state index contributed by atoms with van der Waals surface area (Å²) in [7, 11) is 0. The molecule has 0 aromatic heterocycles. The summed E-state index contributed by atoms with van der Waals surface area (Å²) < 4.78 is 0. The Morgan fingerprint density at radius 1 is 1.24 bits per heavy atom. The highest BCUT2D eigenvalue weighted by atomic mass is 35.5. The summed E-state index contributed by atoms with van der Waals surface area (Å²) in [5.74, 6) is -1.47. The summed E-state index contributed by atoms with van der Waals surface area (Å²) in [4.78, 5) is 33.5. The second-order valence-electron chi connectivity index (χ2n) is 3.34. The minimum Gasteiger partial charge on any atom is -0.394 e. The molecule has 0 heterocycles. The molecule has 0 unspecified atom stereocenters. The molecule has 0 atom stereocenters. The van der Waals surface area contributed by atoms with E-state index in [-0.39, 0.29) is 11.1 Å². The van der Waals surface area contributed by atoms with Gasteiger partial charge in [-0.3, -0.25) is 19.7 Å². The van der Waals surface area contributed by atoms with Crippen LogP contribution in [-0.4, -0.2) is 16.5 Å². The van der Waals surface area contributed by atoms with E-state index in [1.165, 1.54) is 12.1 Å². The third-order valence-electron chi connectivity index (χ3n) is 2.39. The van der Waals surface area contributed by atoms with E-state index in [1.807, 2.05) is 0 Å². The number of ketones is 2. The van der Waals surface area contributed by atoms with Crippen LogP contribution in [0.3, 0.4) is 0 Å². The van der Waals surface area contributed by atoms with E-state index in [4.69, 9.17) is 17.3 Å². The minimum atomic E-state index is -0.795. The molecular formula is C10H5ClN2O4. The molecule has 1 aromatic rings. The molecule has 1 aromatic carbocycles. The Labute approximate surface area is 99.8 Å². The van der Waals surface area contributed by atoms with Gasteiger partial charge in [0, 0.05) is 11.6 Å². The van der Waals surface area contributed by atoms with Gasteiger partial charge in [0.25, 0.3) is 5.69 Å². The molecule has 0 fully saturated rings. The molecule has 6 nitrogen and oxygen atoms in total. The number of carbonyl (C=O) groups excluding carboxylic acids is 2. The number of halogens is 1. The Balaban J connectivity index is 2.81. The normalized spacial score (nSPS) is 14.9. The maximum atomic E-state index is 11.8. The molecule has 0 amide bonds. The van der Waals surface area contributed by atoms with Gasteiger partial charge in [-0.05, 0) is 6.07 Å². The predicted octanol–water partition coefficient (Wildman–Crippen LogP) is 1.38. The number of benzene rings is 1. The van der Waals surface area contributed by atoms with E-state index in [0.29, 0.717) is 0 Å². The topological polar surface area (TPSA) is 103 Å². The Hall–Kier alpha value is -2.21. The number of allylic oxidation sites excluding steroid dienone is 2. The zero-order valence-electron chi connectivity index (χ0n) is 8.27. The number of nitro benzene ring substituents is 1. The first-order valence-corrected chi connectivity index (χ1v) is 4.85. The average molecular weight is 253 g/mol. The van der Waals surface area contributed by atoms with Crippen molar-refractivity contribution in [3.8, 4) is 0 Å². The van der Waals surface area contributed by atoms with Gasteiger partial charge in [0.2, 0.25) is 11.6 Å². The average Bonchev–Trinajstić information content (AvgIpc) is 2.32. The second kappa shape index (κ2) is 3.67. The molecule has 0 bridgehead atoms. The van der Waals surface area contributed by atoms with Crippen LogP contribution in [0.5, 0.6) is 0 Å². The van der Waals surface area contributed by atoms with Crippen LogP contribution in [0.25, 0.3) is 0 Å². The number of hydrogen-bond donors (Lipinski definition) is 1. The molecule has 2 rings (SSSR count). The van der Waals surface area contributed by atoms with Crippen LogP contribution in [0.1, 0.15) is 20.7 Å². The smallest absolute Gasteiger partial charge is 0.281 e. The van der Waals surface area contributed by atoms with Gasteiger partial charge in [-0.15, -0.1) is 0 Å². The lowest BCUT2D eigenvalue weighted by atomic mass is 9.91. The van der Waals surface area contributed by atoms with Crippen molar-refractivity contribution in [3.63, 3.8) is 0 Å². The van der Waals surface area contributed by atoms with Crippen molar-refractivity contribution in [2.45, 2.75) is 0 Å². The molecule has 0 saturated carbocycles. The number of nitrogens with zero attached hydrogens (tertiary/aromatic N) is 1. The summed E-state index contributed by atoms with van der Waals surface area (Å²) >= 11 is 5.59. The van der Waals surface area contributed by atoms with Gasteiger partial charge >= 0.3 is 0 Å². The van der Waals surface area contributed by atoms with Crippen LogP contribution >= 0.6 is 11.6 Å². The van der Waals surface area contributed by atoms with Crippen molar-refractivity contribution in [1.29, 1.82) is 0 Å². The first-order chi connectivity index (χ1) is 7.95. The molecule has 1 aliphatic rings. The monoisotopic (exact) mass is 252 g/mol. The molecule has 0 radical (unpaired) electrons. The molecule has 7 heteroatoms. The van der Waals surface area contributed by atoms with Crippen molar-refractivity contribution < 1.29 is 14.5 Å². The Morgan fingerprint density at radius 2 is 1.88 bits per heavy atom. The number of carbonyl (C=O) groups is 2. The zero-order valence-corrected chi connectivity index (χ0v) is 9.02. The van der Waals surface area contributed by atoms with Gasteiger partial charge in [-0.25, -0.2) is 0 Å². The first kappa shape index (κ1) is 11.3. The Kier molecular flexibility index (Phi) is 2.44. The summed E-state index contributed by atoms with van der Waals surface area (Å²) in [5, 5.41) is 10.4. The maximum absolute atomic E-state index is 11.8. The van der Waals surface area contributed by atoms with Crippen molar-refractivity contribution in [1.82, 2.24) is 0 Å². The molecular weight excluding hydrogens is 248 g/mol. The molecule has 17 heavy (non-hydrogen) atoms. The molecule has 2 N–H and O–H groups in total. The standard InChI is InChI=1S/C10H5ClN2O4/c11-7-8(12)10(15)6-4(9(7)14)2-1-3-5(6)13(16)17/h1-3H,12H2. The summed E-state index contributed by atoms with van der Waals surface area (Å²) in [5.41, 5.74) is 4.04. The lowest BCUT2D eigenvalue weighted by Gasteiger charge is -2.14. The first-order valence-electron chi connectivity index (χ1n) is 4.47. The quantitative estimate of drug-likeness (QED) is 0.601. The fraction of sp³-hybridized carbons (Fsp3) is 0. The third-order valence-corrected chi connectivity index (χ3v) is 2.77. The number of hydrogen-bond acceptors (Lipinski definition) is 5. The largest absolute Gasteiger partial charge is 0.394 e. The van der Waals surface area contributed by atoms with Crippen LogP contribution in [0.4, 0.5) is 5.69 Å². The minimum absolute atomic E-state index is 0.0941. The fourth-order valence-electron chi connectivity index (χ4n) is 1.60. The molecule has 0 aliphatic heterocycles. The summed E-state index contributed by atoms with van der Waals surface area (Å²) in [6, 6.07) is 3.75. The van der Waals surface area contributed by atoms with E-state index in [9.17, 15) is 19.7 Å². The third kappa shape index (κ3) is 1.50. The SMILES string of the molecule is NC1=C(Cl)C(=O)c2cccc([N+](=O)[O-])c2C1=O. The van der Waals surface area contributed by atoms with Crippen LogP contribution < -0.4 is 5.73 Å². The number of Topliss-reactive ketones (excluding diaryl/α,β-unsaturated/α-hetero) is 2. The summed E-state index contributed by atoms with van der Waals surface area (Å²) in [6.45, 7) is 0. The van der Waals surface area contributed by atoms with Crippen molar-refractivity contribution in [2.75, 3.05) is 0 Å². The van der Waals surface area contributed by atoms with E-state index in [0.717, 1.165) is 6.07 Å². The molecule has 86 valence electrons. The Bertz CT molecular complexity index is 606. The number of rotatable bonds is 1. The van der Waals surface area contributed by atoms with Gasteiger partial charge in [0.15, 0.2) is 0 Å². The van der Waals surface area contributed by atoms with Crippen LogP contribution in [0.2, 0.25) is 0 Å². The van der Waals surface area contributed by atoms with Crippen LogP contribution in [0.15, 0.2) is 28.9 Å². The van der Waals surface area contributed by atoms with Crippen molar-refractivity contribution >= 4 is 28.9 Å². The Morgan fingerprint density at radius 3 is 2.47 bits per heavy atom. The second-order valence-corrected chi connectivity index (χ2v) is 3.72. The molecule has 1 aliphatic carbocycles. The predicted molar refractivity (Wildman–Crippen MR) is 58.8 cm³/mol. The van der Waals surface area contributed by atoms with Gasteiger partial charge < -0.3 is 5.73 Å². The van der Waals surface area contributed by atoms with Gasteiger partial charge in [0.05, 0.1) is 4.92 Å². The number of fused-ring (bicyclic) bond motifs is 1. The fourth-order valence-corrected chi connectivity index (χ4v) is 1.78. The van der Waals surface area contributed by atoms with Gasteiger partial charge in [-0.2, -0.15) is 0 Å². The number of nitro groups is 1. The van der Waals surface area contributed by atoms with Crippen molar-refractivity contribution in [3.05, 3.63) is 50.2 Å². The highest BCUT2D eigenvalue weighted by molar-refractivity contribution is 6.50.